The summed E-state index contributed by atoms with van der Waals surface area (Å²) in [5.74, 6) is -0.232. The Morgan fingerprint density at radius 1 is 1.57 bits per heavy atom. The fourth-order valence-electron chi connectivity index (χ4n) is 1.07. The minimum Gasteiger partial charge on any atom is -0.493 e. The molecule has 1 rings (SSSR count). The molecule has 0 aliphatic carbocycles. The first kappa shape index (κ1) is 11.4. The molecule has 0 aliphatic rings. The summed E-state index contributed by atoms with van der Waals surface area (Å²) in [6, 6.07) is 2.76. The van der Waals surface area contributed by atoms with Crippen LogP contribution in [0.5, 0.6) is 5.75 Å². The number of carbonyl (C=O) groups excluding carboxylic acids is 1. The number of carbonyl (C=O) groups is 1. The monoisotopic (exact) mass is 308 g/mol. The number of Topliss-reactive ketones (excluding diaryl/α,β-unsaturated/α-hetero) is 1. The Hall–Kier alpha value is -0.650. The highest BCUT2D eigenvalue weighted by Gasteiger charge is 2.12. The number of hydrogen-bond donors (Lipinski definition) is 0. The van der Waals surface area contributed by atoms with Crippen molar-refractivity contribution in [2.75, 3.05) is 6.61 Å². The SMILES string of the molecule is CCOc1cc(C(C)=O)c(F)cc1I. The van der Waals surface area contributed by atoms with Crippen molar-refractivity contribution >= 4 is 28.4 Å². The van der Waals surface area contributed by atoms with E-state index < -0.39 is 5.82 Å². The summed E-state index contributed by atoms with van der Waals surface area (Å²) >= 11 is 1.97. The van der Waals surface area contributed by atoms with Gasteiger partial charge >= 0.3 is 0 Å². The second-order valence-electron chi connectivity index (χ2n) is 2.75. The average Bonchev–Trinajstić information content (AvgIpc) is 2.09. The zero-order valence-corrected chi connectivity index (χ0v) is 10.1. The molecule has 0 heterocycles. The molecule has 4 heteroatoms. The maximum atomic E-state index is 13.2. The lowest BCUT2D eigenvalue weighted by Gasteiger charge is -2.07. The molecule has 14 heavy (non-hydrogen) atoms. The summed E-state index contributed by atoms with van der Waals surface area (Å²) < 4.78 is 19.2. The molecule has 0 aliphatic heterocycles. The number of ketones is 1. The zero-order valence-electron chi connectivity index (χ0n) is 7.93. The largest absolute Gasteiger partial charge is 0.493 e. The van der Waals surface area contributed by atoms with Crippen LogP contribution in [0.1, 0.15) is 24.2 Å². The number of rotatable bonds is 3. The lowest BCUT2D eigenvalue weighted by Crippen LogP contribution is -2.01. The van der Waals surface area contributed by atoms with Gasteiger partial charge in [0.05, 0.1) is 15.7 Å². The Morgan fingerprint density at radius 3 is 2.71 bits per heavy atom. The fourth-order valence-corrected chi connectivity index (χ4v) is 1.65. The Kier molecular flexibility index (Phi) is 3.86. The second-order valence-corrected chi connectivity index (χ2v) is 3.91. The van der Waals surface area contributed by atoms with Gasteiger partial charge in [-0.1, -0.05) is 0 Å². The molecule has 0 saturated heterocycles. The van der Waals surface area contributed by atoms with Crippen molar-refractivity contribution in [2.24, 2.45) is 0 Å². The highest BCUT2D eigenvalue weighted by molar-refractivity contribution is 14.1. The smallest absolute Gasteiger partial charge is 0.162 e. The van der Waals surface area contributed by atoms with Crippen LogP contribution in [-0.2, 0) is 0 Å². The van der Waals surface area contributed by atoms with Crippen LogP contribution in [0.3, 0.4) is 0 Å². The van der Waals surface area contributed by atoms with Crippen LogP contribution in [0.2, 0.25) is 0 Å². The topological polar surface area (TPSA) is 26.3 Å². The number of ether oxygens (including phenoxy) is 1. The van der Waals surface area contributed by atoms with E-state index in [1.807, 2.05) is 29.5 Å². The van der Waals surface area contributed by atoms with E-state index in [0.717, 1.165) is 0 Å². The third-order valence-electron chi connectivity index (χ3n) is 1.70. The quantitative estimate of drug-likeness (QED) is 0.634. The van der Waals surface area contributed by atoms with Gasteiger partial charge in [-0.25, -0.2) is 4.39 Å². The van der Waals surface area contributed by atoms with Crippen LogP contribution in [0, 0.1) is 9.39 Å². The van der Waals surface area contributed by atoms with Crippen molar-refractivity contribution < 1.29 is 13.9 Å². The van der Waals surface area contributed by atoms with E-state index in [-0.39, 0.29) is 11.3 Å². The molecule has 0 saturated carbocycles. The first-order valence-electron chi connectivity index (χ1n) is 4.19. The molecule has 1 aromatic carbocycles. The Morgan fingerprint density at radius 2 is 2.21 bits per heavy atom. The van der Waals surface area contributed by atoms with E-state index in [4.69, 9.17) is 4.74 Å². The van der Waals surface area contributed by atoms with Gasteiger partial charge in [0.15, 0.2) is 5.78 Å². The van der Waals surface area contributed by atoms with E-state index in [2.05, 4.69) is 0 Å². The minimum absolute atomic E-state index is 0.0777. The molecule has 76 valence electrons. The first-order chi connectivity index (χ1) is 6.56. The summed E-state index contributed by atoms with van der Waals surface area (Å²) in [6.45, 7) is 3.67. The first-order valence-corrected chi connectivity index (χ1v) is 5.27. The molecule has 0 radical (unpaired) electrons. The van der Waals surface area contributed by atoms with Crippen molar-refractivity contribution in [3.8, 4) is 5.75 Å². The lowest BCUT2D eigenvalue weighted by atomic mass is 10.1. The van der Waals surface area contributed by atoms with Gasteiger partial charge in [-0.15, -0.1) is 0 Å². The Bertz CT molecular complexity index is 363. The van der Waals surface area contributed by atoms with Gasteiger partial charge in [0.2, 0.25) is 0 Å². The summed E-state index contributed by atoms with van der Waals surface area (Å²) in [5.41, 5.74) is 0.0777. The summed E-state index contributed by atoms with van der Waals surface area (Å²) in [5, 5.41) is 0. The molecule has 2 nitrogen and oxygen atoms in total. The highest BCUT2D eigenvalue weighted by atomic mass is 127. The van der Waals surface area contributed by atoms with E-state index in [0.29, 0.717) is 15.9 Å². The summed E-state index contributed by atoms with van der Waals surface area (Å²) in [6.07, 6.45) is 0. The molecule has 0 fully saturated rings. The van der Waals surface area contributed by atoms with Crippen LogP contribution >= 0.6 is 22.6 Å². The van der Waals surface area contributed by atoms with Gasteiger partial charge in [0.1, 0.15) is 11.6 Å². The number of benzene rings is 1. The molecule has 0 amide bonds. The van der Waals surface area contributed by atoms with Gasteiger partial charge in [-0.3, -0.25) is 4.79 Å². The number of halogens is 2. The maximum absolute atomic E-state index is 13.2. The fraction of sp³-hybridized carbons (Fsp3) is 0.300. The third-order valence-corrected chi connectivity index (χ3v) is 2.54. The van der Waals surface area contributed by atoms with Crippen molar-refractivity contribution in [3.05, 3.63) is 27.1 Å². The van der Waals surface area contributed by atoms with E-state index in [1.54, 1.807) is 0 Å². The van der Waals surface area contributed by atoms with Gasteiger partial charge in [-0.2, -0.15) is 0 Å². The van der Waals surface area contributed by atoms with Crippen molar-refractivity contribution in [2.45, 2.75) is 13.8 Å². The Labute approximate surface area is 95.6 Å². The van der Waals surface area contributed by atoms with Gasteiger partial charge in [0.25, 0.3) is 0 Å². The normalized spacial score (nSPS) is 10.0. The van der Waals surface area contributed by atoms with E-state index >= 15 is 0 Å². The standard InChI is InChI=1S/C10H10FIO2/c1-3-14-10-4-7(6(2)13)8(11)5-9(10)12/h4-5H,3H2,1-2H3. The van der Waals surface area contributed by atoms with E-state index in [1.165, 1.54) is 19.1 Å². The number of hydrogen-bond acceptors (Lipinski definition) is 2. The van der Waals surface area contributed by atoms with Crippen molar-refractivity contribution in [1.82, 2.24) is 0 Å². The highest BCUT2D eigenvalue weighted by Crippen LogP contribution is 2.25. The average molecular weight is 308 g/mol. The molecule has 0 N–H and O–H groups in total. The summed E-state index contributed by atoms with van der Waals surface area (Å²) in [7, 11) is 0. The second kappa shape index (κ2) is 4.72. The third kappa shape index (κ3) is 2.43. The van der Waals surface area contributed by atoms with Crippen molar-refractivity contribution in [3.63, 3.8) is 0 Å². The van der Waals surface area contributed by atoms with E-state index in [9.17, 15) is 9.18 Å². The molecule has 1 aromatic rings. The molecule has 0 unspecified atom stereocenters. The zero-order chi connectivity index (χ0) is 10.7. The van der Waals surface area contributed by atoms with Crippen LogP contribution < -0.4 is 4.74 Å². The molecule has 0 aromatic heterocycles. The molecular weight excluding hydrogens is 298 g/mol. The predicted molar refractivity (Wildman–Crippen MR) is 60.3 cm³/mol. The molecular formula is C10H10FIO2. The van der Waals surface area contributed by atoms with Gasteiger partial charge in [-0.05, 0) is 48.6 Å². The van der Waals surface area contributed by atoms with Crippen LogP contribution in [0.15, 0.2) is 12.1 Å². The van der Waals surface area contributed by atoms with Gasteiger partial charge in [0, 0.05) is 0 Å². The van der Waals surface area contributed by atoms with Crippen LogP contribution in [-0.4, -0.2) is 12.4 Å². The van der Waals surface area contributed by atoms with Crippen molar-refractivity contribution in [1.29, 1.82) is 0 Å². The molecule has 0 bridgehead atoms. The minimum atomic E-state index is -0.495. The summed E-state index contributed by atoms with van der Waals surface area (Å²) in [4.78, 5) is 11.0. The van der Waals surface area contributed by atoms with Crippen LogP contribution in [0.25, 0.3) is 0 Å². The predicted octanol–water partition coefficient (Wildman–Crippen LogP) is 3.03. The molecule has 0 spiro atoms. The van der Waals surface area contributed by atoms with Crippen LogP contribution in [0.4, 0.5) is 4.39 Å². The van der Waals surface area contributed by atoms with Gasteiger partial charge < -0.3 is 4.74 Å². The Balaban J connectivity index is 3.20. The maximum Gasteiger partial charge on any atom is 0.162 e. The lowest BCUT2D eigenvalue weighted by molar-refractivity contribution is 0.101. The molecule has 0 atom stereocenters.